The summed E-state index contributed by atoms with van der Waals surface area (Å²) in [6.45, 7) is 3.60. The van der Waals surface area contributed by atoms with Gasteiger partial charge in [-0.15, -0.1) is 0 Å². The van der Waals surface area contributed by atoms with Gasteiger partial charge in [-0.25, -0.2) is 4.98 Å². The minimum atomic E-state index is -0.523. The van der Waals surface area contributed by atoms with Crippen molar-refractivity contribution in [3.8, 4) is 0 Å². The number of hydrogen-bond donors (Lipinski definition) is 2. The van der Waals surface area contributed by atoms with Crippen LogP contribution in [0.15, 0.2) is 12.1 Å². The van der Waals surface area contributed by atoms with Crippen molar-refractivity contribution in [3.05, 3.63) is 22.2 Å². The fraction of sp³-hybridized carbons (Fsp3) is 0.583. The molecule has 2 heterocycles. The molecule has 1 aromatic rings. The fourth-order valence-corrected chi connectivity index (χ4v) is 2.55. The monoisotopic (exact) mass is 265 g/mol. The van der Waals surface area contributed by atoms with Crippen molar-refractivity contribution in [2.75, 3.05) is 23.7 Å². The lowest BCUT2D eigenvalue weighted by Crippen LogP contribution is -2.46. The van der Waals surface area contributed by atoms with Crippen LogP contribution in [0.1, 0.15) is 19.8 Å². The van der Waals surface area contributed by atoms with E-state index in [1.807, 2.05) is 0 Å². The van der Waals surface area contributed by atoms with Gasteiger partial charge in [-0.1, -0.05) is 6.92 Å². The van der Waals surface area contributed by atoms with E-state index in [1.165, 1.54) is 6.07 Å². The van der Waals surface area contributed by atoms with Crippen LogP contribution in [0.2, 0.25) is 0 Å². The topological polar surface area (TPSA) is 111 Å². The van der Waals surface area contributed by atoms with Gasteiger partial charge in [0, 0.05) is 25.2 Å². The van der Waals surface area contributed by atoms with Gasteiger partial charge in [-0.05, 0) is 24.8 Å². The number of anilines is 2. The molecule has 0 saturated carbocycles. The molecule has 104 valence electrons. The van der Waals surface area contributed by atoms with Crippen molar-refractivity contribution in [1.82, 2.24) is 4.98 Å². The Bertz CT molecular complexity index is 479. The molecule has 0 amide bonds. The zero-order valence-corrected chi connectivity index (χ0v) is 11.0. The summed E-state index contributed by atoms with van der Waals surface area (Å²) in [5.41, 5.74) is 11.3. The highest BCUT2D eigenvalue weighted by atomic mass is 16.6. The summed E-state index contributed by atoms with van der Waals surface area (Å²) >= 11 is 0. The average molecular weight is 265 g/mol. The molecule has 7 heteroatoms. The van der Waals surface area contributed by atoms with Crippen molar-refractivity contribution >= 4 is 17.3 Å². The second-order valence-corrected chi connectivity index (χ2v) is 5.04. The standard InChI is InChI=1S/C12H19N5O2/c1-8-4-5-16(9(6-8)7-13)11-3-2-10(17(18)19)12(14)15-11/h2-3,8-9H,4-7,13H2,1H3,(H2,14,15). The van der Waals surface area contributed by atoms with E-state index >= 15 is 0 Å². The van der Waals surface area contributed by atoms with Gasteiger partial charge in [-0.2, -0.15) is 0 Å². The minimum Gasteiger partial charge on any atom is -0.378 e. The van der Waals surface area contributed by atoms with E-state index in [0.717, 1.165) is 19.4 Å². The summed E-state index contributed by atoms with van der Waals surface area (Å²) in [7, 11) is 0. The number of nitrogen functional groups attached to an aromatic ring is 1. The second-order valence-electron chi connectivity index (χ2n) is 5.04. The molecule has 0 aromatic carbocycles. The quantitative estimate of drug-likeness (QED) is 0.626. The average Bonchev–Trinajstić information content (AvgIpc) is 2.37. The number of nitrogens with two attached hydrogens (primary N) is 2. The van der Waals surface area contributed by atoms with E-state index < -0.39 is 4.92 Å². The van der Waals surface area contributed by atoms with Crippen molar-refractivity contribution in [2.45, 2.75) is 25.8 Å². The normalized spacial score (nSPS) is 23.4. The summed E-state index contributed by atoms with van der Waals surface area (Å²) in [5, 5.41) is 10.7. The van der Waals surface area contributed by atoms with Gasteiger partial charge in [0.2, 0.25) is 5.82 Å². The first-order chi connectivity index (χ1) is 9.02. The van der Waals surface area contributed by atoms with Crippen LogP contribution in [0.5, 0.6) is 0 Å². The SMILES string of the molecule is CC1CCN(c2ccc([N+](=O)[O-])c(N)n2)C(CN)C1. The highest BCUT2D eigenvalue weighted by Crippen LogP contribution is 2.29. The molecule has 2 atom stereocenters. The highest BCUT2D eigenvalue weighted by Gasteiger charge is 2.27. The first-order valence-electron chi connectivity index (χ1n) is 6.40. The Morgan fingerprint density at radius 1 is 1.58 bits per heavy atom. The van der Waals surface area contributed by atoms with Gasteiger partial charge in [-0.3, -0.25) is 10.1 Å². The predicted molar refractivity (Wildman–Crippen MR) is 73.9 cm³/mol. The summed E-state index contributed by atoms with van der Waals surface area (Å²) in [6, 6.07) is 3.27. The second kappa shape index (κ2) is 5.40. The number of aromatic nitrogens is 1. The van der Waals surface area contributed by atoms with Crippen molar-refractivity contribution in [2.24, 2.45) is 11.7 Å². The molecule has 2 unspecified atom stereocenters. The van der Waals surface area contributed by atoms with E-state index in [2.05, 4.69) is 16.8 Å². The first-order valence-corrected chi connectivity index (χ1v) is 6.40. The number of piperidine rings is 1. The first kappa shape index (κ1) is 13.5. The zero-order chi connectivity index (χ0) is 14.0. The maximum Gasteiger partial charge on any atom is 0.311 e. The molecule has 1 aliphatic rings. The molecule has 0 spiro atoms. The number of hydrogen-bond acceptors (Lipinski definition) is 6. The van der Waals surface area contributed by atoms with Crippen LogP contribution in [0.25, 0.3) is 0 Å². The molecule has 0 bridgehead atoms. The molecular formula is C12H19N5O2. The lowest BCUT2D eigenvalue weighted by Gasteiger charge is -2.38. The van der Waals surface area contributed by atoms with Gasteiger partial charge < -0.3 is 16.4 Å². The summed E-state index contributed by atoms with van der Waals surface area (Å²) in [5.74, 6) is 1.27. The van der Waals surface area contributed by atoms with Crippen LogP contribution >= 0.6 is 0 Å². The fourth-order valence-electron chi connectivity index (χ4n) is 2.55. The molecule has 19 heavy (non-hydrogen) atoms. The maximum atomic E-state index is 10.7. The number of rotatable bonds is 3. The predicted octanol–water partition coefficient (Wildman–Crippen LogP) is 1.14. The van der Waals surface area contributed by atoms with Gasteiger partial charge in [0.25, 0.3) is 0 Å². The molecule has 1 aliphatic heterocycles. The number of pyridine rings is 1. The number of nitrogens with zero attached hydrogens (tertiary/aromatic N) is 3. The number of nitro groups is 1. The van der Waals surface area contributed by atoms with E-state index in [1.54, 1.807) is 6.07 Å². The summed E-state index contributed by atoms with van der Waals surface area (Å²) < 4.78 is 0. The maximum absolute atomic E-state index is 10.7. The Morgan fingerprint density at radius 3 is 2.89 bits per heavy atom. The molecule has 7 nitrogen and oxygen atoms in total. The van der Waals surface area contributed by atoms with E-state index in [0.29, 0.717) is 18.3 Å². The molecule has 1 aromatic heterocycles. The molecule has 4 N–H and O–H groups in total. The molecule has 0 radical (unpaired) electrons. The Balaban J connectivity index is 2.26. The third-order valence-corrected chi connectivity index (χ3v) is 3.63. The Morgan fingerprint density at radius 2 is 2.32 bits per heavy atom. The Kier molecular flexibility index (Phi) is 3.84. The van der Waals surface area contributed by atoms with Crippen LogP contribution in [0.3, 0.4) is 0 Å². The smallest absolute Gasteiger partial charge is 0.311 e. The van der Waals surface area contributed by atoms with Gasteiger partial charge in [0.15, 0.2) is 0 Å². The van der Waals surface area contributed by atoms with Crippen LogP contribution in [-0.2, 0) is 0 Å². The minimum absolute atomic E-state index is 0.0445. The lowest BCUT2D eigenvalue weighted by molar-refractivity contribution is -0.384. The van der Waals surface area contributed by atoms with Crippen molar-refractivity contribution < 1.29 is 4.92 Å². The summed E-state index contributed by atoms with van der Waals surface area (Å²) in [6.07, 6.45) is 2.07. The Labute approximate surface area is 111 Å². The zero-order valence-electron chi connectivity index (χ0n) is 11.0. The van der Waals surface area contributed by atoms with Gasteiger partial charge in [0.05, 0.1) is 4.92 Å². The van der Waals surface area contributed by atoms with Crippen molar-refractivity contribution in [1.29, 1.82) is 0 Å². The van der Waals surface area contributed by atoms with E-state index in [4.69, 9.17) is 11.5 Å². The largest absolute Gasteiger partial charge is 0.378 e. The van der Waals surface area contributed by atoms with Crippen molar-refractivity contribution in [3.63, 3.8) is 0 Å². The van der Waals surface area contributed by atoms with Crippen LogP contribution in [0.4, 0.5) is 17.3 Å². The molecule has 1 saturated heterocycles. The Hall–Kier alpha value is -1.89. The molecule has 0 aliphatic carbocycles. The van der Waals surface area contributed by atoms with Gasteiger partial charge >= 0.3 is 5.69 Å². The summed E-state index contributed by atoms with van der Waals surface area (Å²) in [4.78, 5) is 16.4. The molecule has 2 rings (SSSR count). The third-order valence-electron chi connectivity index (χ3n) is 3.63. The van der Waals surface area contributed by atoms with Gasteiger partial charge in [0.1, 0.15) is 5.82 Å². The van der Waals surface area contributed by atoms with E-state index in [9.17, 15) is 10.1 Å². The van der Waals surface area contributed by atoms with E-state index in [-0.39, 0.29) is 17.5 Å². The van der Waals surface area contributed by atoms with Crippen LogP contribution in [-0.4, -0.2) is 29.0 Å². The lowest BCUT2D eigenvalue weighted by atomic mass is 9.92. The molecular weight excluding hydrogens is 246 g/mol. The van der Waals surface area contributed by atoms with Crippen LogP contribution in [0, 0.1) is 16.0 Å². The van der Waals surface area contributed by atoms with Crippen LogP contribution < -0.4 is 16.4 Å². The third kappa shape index (κ3) is 2.76. The molecule has 1 fully saturated rings. The highest BCUT2D eigenvalue weighted by molar-refractivity contribution is 5.58.